The van der Waals surface area contributed by atoms with Gasteiger partial charge in [-0.05, 0) is 53.5 Å². The molecular formula is C28H18N2O8S. The van der Waals surface area contributed by atoms with E-state index in [0.717, 1.165) is 21.7 Å². The summed E-state index contributed by atoms with van der Waals surface area (Å²) in [5.41, 5.74) is 0.309. The van der Waals surface area contributed by atoms with E-state index in [9.17, 15) is 34.2 Å². The van der Waals surface area contributed by atoms with Crippen LogP contribution < -0.4 is 5.32 Å². The van der Waals surface area contributed by atoms with Gasteiger partial charge in [-0.15, -0.1) is 0 Å². The minimum absolute atomic E-state index is 0.0318. The molecule has 3 aromatic carbocycles. The Morgan fingerprint density at radius 3 is 2.31 bits per heavy atom. The number of nitrogens with one attached hydrogen (secondary N) is 1. The van der Waals surface area contributed by atoms with Crippen LogP contribution in [0.15, 0.2) is 82.1 Å². The van der Waals surface area contributed by atoms with Crippen molar-refractivity contribution in [3.05, 3.63) is 94.6 Å². The van der Waals surface area contributed by atoms with Gasteiger partial charge in [-0.1, -0.05) is 36.4 Å². The third-order valence-electron chi connectivity index (χ3n) is 5.85. The number of imide groups is 1. The average molecular weight is 543 g/mol. The summed E-state index contributed by atoms with van der Waals surface area (Å²) in [7, 11) is 0. The van der Waals surface area contributed by atoms with Crippen molar-refractivity contribution in [1.29, 1.82) is 0 Å². The maximum Gasteiger partial charge on any atom is 0.335 e. The van der Waals surface area contributed by atoms with Crippen LogP contribution in [0.3, 0.4) is 0 Å². The molecule has 0 atom stereocenters. The smallest absolute Gasteiger partial charge is 0.335 e. The number of aromatic carboxylic acids is 2. The Morgan fingerprint density at radius 2 is 1.59 bits per heavy atom. The van der Waals surface area contributed by atoms with Gasteiger partial charge >= 0.3 is 11.9 Å². The molecule has 1 aromatic heterocycles. The Bertz CT molecular complexity index is 1680. The average Bonchev–Trinajstić information content (AvgIpc) is 3.49. The van der Waals surface area contributed by atoms with Crippen LogP contribution in [-0.2, 0) is 9.59 Å². The lowest BCUT2D eigenvalue weighted by Gasteiger charge is -2.13. The number of fused-ring (bicyclic) bond motifs is 1. The number of benzene rings is 3. The number of thioether (sulfide) groups is 1. The fraction of sp³-hybridized carbons (Fsp3) is 0.0357. The molecule has 3 amide bonds. The van der Waals surface area contributed by atoms with Gasteiger partial charge < -0.3 is 19.9 Å². The maximum atomic E-state index is 12.9. The first-order valence-electron chi connectivity index (χ1n) is 11.4. The molecule has 0 saturated carbocycles. The first kappa shape index (κ1) is 25.5. The molecule has 1 fully saturated rings. The molecule has 1 aliphatic rings. The van der Waals surface area contributed by atoms with E-state index in [2.05, 4.69) is 5.32 Å². The lowest BCUT2D eigenvalue weighted by molar-refractivity contribution is -0.127. The number of furan rings is 1. The molecule has 39 heavy (non-hydrogen) atoms. The van der Waals surface area contributed by atoms with Gasteiger partial charge in [0.2, 0.25) is 5.91 Å². The van der Waals surface area contributed by atoms with Crippen molar-refractivity contribution in [3.63, 3.8) is 0 Å². The van der Waals surface area contributed by atoms with Crippen LogP contribution in [-0.4, -0.2) is 50.6 Å². The number of hydrogen-bond donors (Lipinski definition) is 3. The highest BCUT2D eigenvalue weighted by Gasteiger charge is 2.36. The summed E-state index contributed by atoms with van der Waals surface area (Å²) in [6.07, 6.45) is 1.33. The van der Waals surface area contributed by atoms with Crippen molar-refractivity contribution in [1.82, 2.24) is 4.90 Å². The molecule has 0 unspecified atom stereocenters. The summed E-state index contributed by atoms with van der Waals surface area (Å²) in [5.74, 6) is -3.47. The lowest BCUT2D eigenvalue weighted by Crippen LogP contribution is -2.36. The predicted octanol–water partition coefficient (Wildman–Crippen LogP) is 5.17. The zero-order valence-corrected chi connectivity index (χ0v) is 20.7. The second-order valence-electron chi connectivity index (χ2n) is 8.45. The van der Waals surface area contributed by atoms with Crippen LogP contribution in [0.2, 0.25) is 0 Å². The number of carboxylic acids is 2. The molecule has 1 saturated heterocycles. The van der Waals surface area contributed by atoms with E-state index in [1.807, 2.05) is 30.3 Å². The molecule has 3 N–H and O–H groups in total. The summed E-state index contributed by atoms with van der Waals surface area (Å²) in [6.45, 7) is -0.478. The normalized spacial score (nSPS) is 14.3. The number of carbonyl (C=O) groups is 5. The predicted molar refractivity (Wildman–Crippen MR) is 143 cm³/mol. The van der Waals surface area contributed by atoms with E-state index in [4.69, 9.17) is 4.42 Å². The minimum Gasteiger partial charge on any atom is -0.478 e. The van der Waals surface area contributed by atoms with E-state index >= 15 is 0 Å². The molecule has 11 heteroatoms. The third-order valence-corrected chi connectivity index (χ3v) is 6.76. The van der Waals surface area contributed by atoms with Crippen LogP contribution in [0.5, 0.6) is 0 Å². The largest absolute Gasteiger partial charge is 0.478 e. The van der Waals surface area contributed by atoms with Gasteiger partial charge in [0.25, 0.3) is 11.1 Å². The Hall–Kier alpha value is -5.16. The molecule has 4 aromatic rings. The van der Waals surface area contributed by atoms with Crippen LogP contribution in [0.25, 0.3) is 28.2 Å². The van der Waals surface area contributed by atoms with Crippen LogP contribution >= 0.6 is 11.8 Å². The standard InChI is InChI=1S/C28H18N2O8S/c31-24(29-21-7-3-5-15-4-1-2-6-20(15)21)14-30-25(32)23(39-28(30)37)13-19-8-9-22(38-19)16-10-17(26(33)34)12-18(11-16)27(35)36/h1-13H,14H2,(H,29,31)(H,33,34)(H,35,36)/b23-13+. The summed E-state index contributed by atoms with van der Waals surface area (Å²) in [6, 6.07) is 19.4. The van der Waals surface area contributed by atoms with E-state index in [0.29, 0.717) is 17.4 Å². The second kappa shape index (κ2) is 10.3. The zero-order chi connectivity index (χ0) is 27.7. The van der Waals surface area contributed by atoms with Crippen LogP contribution in [0.1, 0.15) is 26.5 Å². The highest BCUT2D eigenvalue weighted by molar-refractivity contribution is 8.18. The number of rotatable bonds is 7. The van der Waals surface area contributed by atoms with Crippen molar-refractivity contribution in [2.45, 2.75) is 0 Å². The van der Waals surface area contributed by atoms with Gasteiger partial charge in [0.1, 0.15) is 18.1 Å². The number of carboxylic acid groups (broad SMARTS) is 2. The molecule has 2 heterocycles. The summed E-state index contributed by atoms with van der Waals surface area (Å²) in [4.78, 5) is 61.8. The summed E-state index contributed by atoms with van der Waals surface area (Å²) < 4.78 is 5.68. The van der Waals surface area contributed by atoms with Gasteiger partial charge in [0.15, 0.2) is 0 Å². The first-order chi connectivity index (χ1) is 18.7. The van der Waals surface area contributed by atoms with Crippen LogP contribution in [0, 0.1) is 0 Å². The maximum absolute atomic E-state index is 12.9. The Kier molecular flexibility index (Phi) is 6.73. The van der Waals surface area contributed by atoms with E-state index in [-0.39, 0.29) is 33.1 Å². The fourth-order valence-corrected chi connectivity index (χ4v) is 4.85. The van der Waals surface area contributed by atoms with E-state index < -0.39 is 35.5 Å². The van der Waals surface area contributed by atoms with Gasteiger partial charge in [-0.2, -0.15) is 0 Å². The molecular weight excluding hydrogens is 524 g/mol. The Balaban J connectivity index is 1.32. The Labute approximate surface area is 224 Å². The van der Waals surface area contributed by atoms with Crippen molar-refractivity contribution in [3.8, 4) is 11.3 Å². The zero-order valence-electron chi connectivity index (χ0n) is 19.9. The van der Waals surface area contributed by atoms with Gasteiger partial charge in [-0.25, -0.2) is 9.59 Å². The van der Waals surface area contributed by atoms with Gasteiger partial charge in [0.05, 0.1) is 16.0 Å². The van der Waals surface area contributed by atoms with Crippen molar-refractivity contribution < 1.29 is 38.6 Å². The van der Waals surface area contributed by atoms with E-state index in [1.54, 1.807) is 12.1 Å². The van der Waals surface area contributed by atoms with Crippen molar-refractivity contribution >= 4 is 63.3 Å². The van der Waals surface area contributed by atoms with E-state index in [1.165, 1.54) is 30.3 Å². The number of carbonyl (C=O) groups excluding carboxylic acids is 3. The molecule has 10 nitrogen and oxygen atoms in total. The van der Waals surface area contributed by atoms with Gasteiger partial charge in [-0.3, -0.25) is 19.3 Å². The van der Waals surface area contributed by atoms with Crippen LogP contribution in [0.4, 0.5) is 10.5 Å². The monoisotopic (exact) mass is 542 g/mol. The quantitative estimate of drug-likeness (QED) is 0.268. The number of amides is 3. The topological polar surface area (TPSA) is 154 Å². The lowest BCUT2D eigenvalue weighted by atomic mass is 10.0. The molecule has 0 aliphatic carbocycles. The SMILES string of the molecule is O=C(CN1C(=O)S/C(=C/c2ccc(-c3cc(C(=O)O)cc(C(=O)O)c3)o2)C1=O)Nc1cccc2ccccc12. The molecule has 0 spiro atoms. The molecule has 5 rings (SSSR count). The number of hydrogen-bond acceptors (Lipinski definition) is 7. The number of nitrogens with zero attached hydrogens (tertiary/aromatic N) is 1. The molecule has 0 bridgehead atoms. The third kappa shape index (κ3) is 5.29. The molecule has 194 valence electrons. The van der Waals surface area contributed by atoms with Crippen molar-refractivity contribution in [2.24, 2.45) is 0 Å². The van der Waals surface area contributed by atoms with Gasteiger partial charge in [0, 0.05) is 22.7 Å². The molecule has 1 aliphatic heterocycles. The minimum atomic E-state index is -1.30. The number of anilines is 1. The Morgan fingerprint density at radius 1 is 0.897 bits per heavy atom. The molecule has 0 radical (unpaired) electrons. The first-order valence-corrected chi connectivity index (χ1v) is 12.3. The summed E-state index contributed by atoms with van der Waals surface area (Å²) >= 11 is 0.648. The van der Waals surface area contributed by atoms with Crippen molar-refractivity contribution in [2.75, 3.05) is 11.9 Å². The second-order valence-corrected chi connectivity index (χ2v) is 9.45. The summed E-state index contributed by atoms with van der Waals surface area (Å²) in [5, 5.41) is 22.5. The fourth-order valence-electron chi connectivity index (χ4n) is 4.04. The highest BCUT2D eigenvalue weighted by atomic mass is 32.2. The highest BCUT2D eigenvalue weighted by Crippen LogP contribution is 2.34.